The fourth-order valence-electron chi connectivity index (χ4n) is 2.41. The van der Waals surface area contributed by atoms with E-state index in [9.17, 15) is 14.4 Å². The van der Waals surface area contributed by atoms with Crippen molar-refractivity contribution in [3.05, 3.63) is 53.6 Å². The molecule has 2 rings (SSSR count). The number of methoxy groups -OCH3 is 1. The molecule has 8 heteroatoms. The van der Waals surface area contributed by atoms with E-state index in [0.717, 1.165) is 0 Å². The zero-order valence-corrected chi connectivity index (χ0v) is 17.4. The Kier molecular flexibility index (Phi) is 7.80. The Balaban J connectivity index is 2.00. The highest BCUT2D eigenvalue weighted by molar-refractivity contribution is 5.98. The maximum Gasteiger partial charge on any atom is 0.339 e. The van der Waals surface area contributed by atoms with E-state index >= 15 is 0 Å². The van der Waals surface area contributed by atoms with E-state index in [2.05, 4.69) is 5.32 Å². The molecule has 1 atom stereocenters. The number of rotatable bonds is 9. The molecule has 0 aliphatic rings. The van der Waals surface area contributed by atoms with E-state index in [4.69, 9.17) is 19.9 Å². The SMILES string of the molecule is COc1cc(C(=O)O[C@H](C)C(=O)Nc2ccc(C(N)=O)cc2)ccc1OCC(C)C. The number of carbonyl (C=O) groups is 3. The molecule has 160 valence electrons. The topological polar surface area (TPSA) is 117 Å². The molecule has 2 amide bonds. The van der Waals surface area contributed by atoms with Gasteiger partial charge in [-0.15, -0.1) is 0 Å². The van der Waals surface area contributed by atoms with Crippen LogP contribution in [0.5, 0.6) is 11.5 Å². The number of nitrogens with one attached hydrogen (secondary N) is 1. The van der Waals surface area contributed by atoms with Gasteiger partial charge in [0.2, 0.25) is 5.91 Å². The van der Waals surface area contributed by atoms with Crippen LogP contribution in [0.15, 0.2) is 42.5 Å². The average Bonchev–Trinajstić information content (AvgIpc) is 2.72. The molecule has 0 saturated heterocycles. The lowest BCUT2D eigenvalue weighted by Crippen LogP contribution is -2.30. The molecule has 2 aromatic carbocycles. The Hall–Kier alpha value is -3.55. The van der Waals surface area contributed by atoms with Crippen LogP contribution in [-0.4, -0.2) is 37.6 Å². The van der Waals surface area contributed by atoms with Gasteiger partial charge in [-0.05, 0) is 55.3 Å². The van der Waals surface area contributed by atoms with Crippen LogP contribution in [0.1, 0.15) is 41.5 Å². The third kappa shape index (κ3) is 6.23. The van der Waals surface area contributed by atoms with Crippen molar-refractivity contribution in [1.29, 1.82) is 0 Å². The molecule has 0 saturated carbocycles. The van der Waals surface area contributed by atoms with Crippen LogP contribution in [0.25, 0.3) is 0 Å². The summed E-state index contributed by atoms with van der Waals surface area (Å²) < 4.78 is 16.2. The van der Waals surface area contributed by atoms with Crippen LogP contribution >= 0.6 is 0 Å². The number of esters is 1. The first-order valence-corrected chi connectivity index (χ1v) is 9.43. The molecular weight excluding hydrogens is 388 g/mol. The molecule has 0 aliphatic carbocycles. The lowest BCUT2D eigenvalue weighted by molar-refractivity contribution is -0.123. The monoisotopic (exact) mass is 414 g/mol. The second-order valence-corrected chi connectivity index (χ2v) is 7.05. The second kappa shape index (κ2) is 10.3. The molecule has 3 N–H and O–H groups in total. The van der Waals surface area contributed by atoms with Gasteiger partial charge in [-0.2, -0.15) is 0 Å². The minimum atomic E-state index is -1.05. The van der Waals surface area contributed by atoms with Gasteiger partial charge >= 0.3 is 5.97 Å². The molecule has 0 aromatic heterocycles. The molecule has 0 heterocycles. The van der Waals surface area contributed by atoms with E-state index in [1.165, 1.54) is 44.4 Å². The summed E-state index contributed by atoms with van der Waals surface area (Å²) in [7, 11) is 1.48. The van der Waals surface area contributed by atoms with E-state index in [-0.39, 0.29) is 5.56 Å². The van der Waals surface area contributed by atoms with Gasteiger partial charge in [0.15, 0.2) is 17.6 Å². The van der Waals surface area contributed by atoms with Crippen LogP contribution in [0.4, 0.5) is 5.69 Å². The first kappa shape index (κ1) is 22.7. The highest BCUT2D eigenvalue weighted by Crippen LogP contribution is 2.29. The second-order valence-electron chi connectivity index (χ2n) is 7.05. The molecule has 8 nitrogen and oxygen atoms in total. The van der Waals surface area contributed by atoms with Crippen molar-refractivity contribution >= 4 is 23.5 Å². The number of hydrogen-bond donors (Lipinski definition) is 2. The van der Waals surface area contributed by atoms with Gasteiger partial charge in [0.1, 0.15) is 0 Å². The van der Waals surface area contributed by atoms with Gasteiger partial charge in [0.05, 0.1) is 19.3 Å². The first-order valence-electron chi connectivity index (χ1n) is 9.43. The van der Waals surface area contributed by atoms with E-state index in [1.807, 2.05) is 13.8 Å². The predicted molar refractivity (Wildman–Crippen MR) is 112 cm³/mol. The summed E-state index contributed by atoms with van der Waals surface area (Å²) in [4.78, 5) is 35.8. The summed E-state index contributed by atoms with van der Waals surface area (Å²) in [6.45, 7) is 6.02. The van der Waals surface area contributed by atoms with Gasteiger partial charge in [0, 0.05) is 11.3 Å². The van der Waals surface area contributed by atoms with Gasteiger partial charge < -0.3 is 25.3 Å². The molecule has 2 aromatic rings. The number of carbonyl (C=O) groups excluding carboxylic acids is 3. The number of primary amides is 1. The Morgan fingerprint density at radius 3 is 2.17 bits per heavy atom. The third-order valence-electron chi connectivity index (χ3n) is 4.06. The van der Waals surface area contributed by atoms with Gasteiger partial charge in [-0.3, -0.25) is 9.59 Å². The number of ether oxygens (including phenoxy) is 3. The van der Waals surface area contributed by atoms with Crippen molar-refractivity contribution in [2.24, 2.45) is 11.7 Å². The van der Waals surface area contributed by atoms with Crippen molar-refractivity contribution in [3.8, 4) is 11.5 Å². The molecule has 30 heavy (non-hydrogen) atoms. The fourth-order valence-corrected chi connectivity index (χ4v) is 2.41. The molecule has 0 unspecified atom stereocenters. The molecular formula is C22H26N2O6. The number of benzene rings is 2. The van der Waals surface area contributed by atoms with Crippen molar-refractivity contribution in [3.63, 3.8) is 0 Å². The summed E-state index contributed by atoms with van der Waals surface area (Å²) in [6, 6.07) is 10.7. The van der Waals surface area contributed by atoms with Gasteiger partial charge in [0.25, 0.3) is 5.91 Å². The maximum atomic E-state index is 12.4. The number of amides is 2. The highest BCUT2D eigenvalue weighted by Gasteiger charge is 2.20. The normalized spacial score (nSPS) is 11.5. The van der Waals surface area contributed by atoms with Crippen molar-refractivity contribution in [2.45, 2.75) is 26.9 Å². The van der Waals surface area contributed by atoms with Crippen molar-refractivity contribution in [1.82, 2.24) is 0 Å². The summed E-state index contributed by atoms with van der Waals surface area (Å²) in [5, 5.41) is 2.61. The first-order chi connectivity index (χ1) is 14.2. The Morgan fingerprint density at radius 1 is 0.967 bits per heavy atom. The van der Waals surface area contributed by atoms with Gasteiger partial charge in [-0.25, -0.2) is 4.79 Å². The summed E-state index contributed by atoms with van der Waals surface area (Å²) >= 11 is 0. The lowest BCUT2D eigenvalue weighted by atomic mass is 10.2. The van der Waals surface area contributed by atoms with Crippen molar-refractivity contribution < 1.29 is 28.6 Å². The molecule has 0 radical (unpaired) electrons. The van der Waals surface area contributed by atoms with E-state index in [1.54, 1.807) is 12.1 Å². The van der Waals surface area contributed by atoms with E-state index < -0.39 is 23.9 Å². The molecule has 0 fully saturated rings. The third-order valence-corrected chi connectivity index (χ3v) is 4.06. The quantitative estimate of drug-likeness (QED) is 0.609. The number of nitrogens with two attached hydrogens (primary N) is 1. The van der Waals surface area contributed by atoms with Crippen LogP contribution < -0.4 is 20.5 Å². The maximum absolute atomic E-state index is 12.4. The van der Waals surface area contributed by atoms with E-state index in [0.29, 0.717) is 35.3 Å². The summed E-state index contributed by atoms with van der Waals surface area (Å²) in [6.07, 6.45) is -1.05. The largest absolute Gasteiger partial charge is 0.493 e. The fraction of sp³-hybridized carbons (Fsp3) is 0.318. The lowest BCUT2D eigenvalue weighted by Gasteiger charge is -2.15. The predicted octanol–water partition coefficient (Wildman–Crippen LogP) is 3.01. The van der Waals surface area contributed by atoms with Crippen LogP contribution in [-0.2, 0) is 9.53 Å². The summed E-state index contributed by atoms with van der Waals surface area (Å²) in [5.74, 6) is -0.490. The molecule has 0 spiro atoms. The number of anilines is 1. The molecule has 0 aliphatic heterocycles. The minimum absolute atomic E-state index is 0.231. The zero-order chi connectivity index (χ0) is 22.3. The number of hydrogen-bond acceptors (Lipinski definition) is 6. The molecule has 0 bridgehead atoms. The Bertz CT molecular complexity index is 908. The Morgan fingerprint density at radius 2 is 1.60 bits per heavy atom. The van der Waals surface area contributed by atoms with Crippen molar-refractivity contribution in [2.75, 3.05) is 19.0 Å². The highest BCUT2D eigenvalue weighted by atomic mass is 16.5. The van der Waals surface area contributed by atoms with Crippen LogP contribution in [0.3, 0.4) is 0 Å². The van der Waals surface area contributed by atoms with Gasteiger partial charge in [-0.1, -0.05) is 13.8 Å². The summed E-state index contributed by atoms with van der Waals surface area (Å²) in [5.41, 5.74) is 6.18. The average molecular weight is 414 g/mol. The van der Waals surface area contributed by atoms with Crippen LogP contribution in [0, 0.1) is 5.92 Å². The van der Waals surface area contributed by atoms with Crippen LogP contribution in [0.2, 0.25) is 0 Å². The smallest absolute Gasteiger partial charge is 0.339 e. The minimum Gasteiger partial charge on any atom is -0.493 e. The Labute approximate surface area is 175 Å². The standard InChI is InChI=1S/C22H26N2O6/c1-13(2)12-29-18-10-7-16(11-19(18)28-4)22(27)30-14(3)21(26)24-17-8-5-15(6-9-17)20(23)25/h5-11,13-14H,12H2,1-4H3,(H2,23,25)(H,24,26)/t14-/m1/s1. The zero-order valence-electron chi connectivity index (χ0n) is 17.4.